The topological polar surface area (TPSA) is 0 Å². The Balaban J connectivity index is 3.94. The molecule has 0 N–H and O–H groups in total. The van der Waals surface area contributed by atoms with E-state index in [0.29, 0.717) is 0 Å². The first-order valence-corrected chi connectivity index (χ1v) is 13.3. The molecule has 0 aliphatic rings. The van der Waals surface area contributed by atoms with Crippen LogP contribution in [-0.4, -0.2) is 30.2 Å². The first-order valence-electron chi connectivity index (χ1n) is 7.49. The van der Waals surface area contributed by atoms with Crippen LogP contribution in [0.5, 0.6) is 0 Å². The standard InChI is InChI=1S/C18H29PSe2/c1-16(2,3)12-10-13(17(4,5)6)15(19(20)21)14(11-12)18(7,8)9/h10-11H,1-9H3. The molecule has 0 aliphatic heterocycles. The zero-order chi connectivity index (χ0) is 16.8. The molecule has 0 aromatic heterocycles. The van der Waals surface area contributed by atoms with Crippen LogP contribution in [0.2, 0.25) is 0 Å². The van der Waals surface area contributed by atoms with Crippen molar-refractivity contribution >= 4 is 39.9 Å². The normalized spacial score (nSPS) is 13.4. The van der Waals surface area contributed by atoms with Gasteiger partial charge < -0.3 is 0 Å². The molecular formula is C18H29PSe2. The summed E-state index contributed by atoms with van der Waals surface area (Å²) in [5.41, 5.74) is 4.91. The SMILES string of the molecule is CC(C)(C)c1cc(C(C)(C)C)c(P(=[Se])=[Se])c(C(C)(C)C)c1. The van der Waals surface area contributed by atoms with Crippen molar-refractivity contribution in [3.8, 4) is 0 Å². The molecule has 0 amide bonds. The fourth-order valence-electron chi connectivity index (χ4n) is 2.41. The Hall–Kier alpha value is 0.559. The van der Waals surface area contributed by atoms with Crippen LogP contribution in [-0.2, 0) is 16.2 Å². The molecule has 0 saturated heterocycles. The Bertz CT molecular complexity index is 561. The molecule has 0 nitrogen and oxygen atoms in total. The van der Waals surface area contributed by atoms with Crippen LogP contribution in [0.1, 0.15) is 79.0 Å². The van der Waals surface area contributed by atoms with Gasteiger partial charge in [-0.15, -0.1) is 0 Å². The molecule has 0 spiro atoms. The second-order valence-electron chi connectivity index (χ2n) is 8.93. The summed E-state index contributed by atoms with van der Waals surface area (Å²) in [6.07, 6.45) is 0. The first-order chi connectivity index (χ1) is 9.15. The molecule has 0 aliphatic carbocycles. The van der Waals surface area contributed by atoms with Crippen molar-refractivity contribution in [2.75, 3.05) is 0 Å². The Morgan fingerprint density at radius 1 is 0.667 bits per heavy atom. The minimum atomic E-state index is -0.364. The minimum absolute atomic E-state index is 0.158. The quantitative estimate of drug-likeness (QED) is 0.438. The van der Waals surface area contributed by atoms with Gasteiger partial charge in [0.15, 0.2) is 0 Å². The van der Waals surface area contributed by atoms with E-state index in [1.807, 2.05) is 0 Å². The molecule has 0 bridgehead atoms. The summed E-state index contributed by atoms with van der Waals surface area (Å²) < 4.78 is -0.364. The average molecular weight is 434 g/mol. The Morgan fingerprint density at radius 2 is 1.00 bits per heavy atom. The Morgan fingerprint density at radius 3 is 1.19 bits per heavy atom. The molecule has 1 aromatic carbocycles. The van der Waals surface area contributed by atoms with Gasteiger partial charge in [-0.3, -0.25) is 0 Å². The summed E-state index contributed by atoms with van der Waals surface area (Å²) in [4.78, 5) is 0. The fourth-order valence-corrected chi connectivity index (χ4v) is 6.08. The summed E-state index contributed by atoms with van der Waals surface area (Å²) in [7, 11) is 0. The van der Waals surface area contributed by atoms with Crippen molar-refractivity contribution in [3.63, 3.8) is 0 Å². The summed E-state index contributed by atoms with van der Waals surface area (Å²) in [6, 6.07) is 4.88. The van der Waals surface area contributed by atoms with Gasteiger partial charge in [-0.1, -0.05) is 0 Å². The van der Waals surface area contributed by atoms with E-state index in [-0.39, 0.29) is 20.7 Å². The third-order valence-corrected chi connectivity index (χ3v) is 6.92. The number of benzene rings is 1. The molecule has 1 rings (SSSR count). The third kappa shape index (κ3) is 4.76. The van der Waals surface area contributed by atoms with E-state index in [1.165, 1.54) is 22.0 Å². The van der Waals surface area contributed by atoms with Crippen LogP contribution in [0.4, 0.5) is 0 Å². The zero-order valence-corrected chi connectivity index (χ0v) is 19.2. The Labute approximate surface area is 147 Å². The molecule has 21 heavy (non-hydrogen) atoms. The van der Waals surface area contributed by atoms with Gasteiger partial charge in [0.25, 0.3) is 0 Å². The van der Waals surface area contributed by atoms with Crippen molar-refractivity contribution in [3.05, 3.63) is 28.8 Å². The van der Waals surface area contributed by atoms with E-state index in [9.17, 15) is 0 Å². The average Bonchev–Trinajstić information content (AvgIpc) is 2.23. The van der Waals surface area contributed by atoms with Crippen molar-refractivity contribution in [1.82, 2.24) is 0 Å². The van der Waals surface area contributed by atoms with Crippen LogP contribution in [0.3, 0.4) is 0 Å². The second kappa shape index (κ2) is 6.22. The molecular weight excluding hydrogens is 405 g/mol. The van der Waals surface area contributed by atoms with E-state index in [1.54, 1.807) is 0 Å². The van der Waals surface area contributed by atoms with Gasteiger partial charge in [-0.25, -0.2) is 0 Å². The van der Waals surface area contributed by atoms with Crippen LogP contribution >= 0.6 is 4.41 Å². The predicted molar refractivity (Wildman–Crippen MR) is 101 cm³/mol. The number of rotatable bonds is 1. The van der Waals surface area contributed by atoms with Crippen LogP contribution in [0.25, 0.3) is 0 Å². The maximum atomic E-state index is 3.35. The van der Waals surface area contributed by atoms with Crippen molar-refractivity contribution < 1.29 is 0 Å². The van der Waals surface area contributed by atoms with Crippen molar-refractivity contribution in [2.24, 2.45) is 0 Å². The van der Waals surface area contributed by atoms with Crippen LogP contribution in [0, 0.1) is 0 Å². The summed E-state index contributed by atoms with van der Waals surface area (Å²) in [5.74, 6) is 0. The van der Waals surface area contributed by atoms with Gasteiger partial charge in [-0.2, -0.15) is 0 Å². The van der Waals surface area contributed by atoms with Gasteiger partial charge in [0.1, 0.15) is 0 Å². The summed E-state index contributed by atoms with van der Waals surface area (Å²) in [6.45, 7) is 20.9. The van der Waals surface area contributed by atoms with Gasteiger partial charge in [0.2, 0.25) is 0 Å². The molecule has 118 valence electrons. The maximum absolute atomic E-state index is 3.35. The van der Waals surface area contributed by atoms with Gasteiger partial charge in [-0.05, 0) is 0 Å². The first kappa shape index (κ1) is 19.6. The monoisotopic (exact) mass is 436 g/mol. The van der Waals surface area contributed by atoms with Crippen LogP contribution in [0.15, 0.2) is 12.1 Å². The molecule has 0 heterocycles. The molecule has 1 aromatic rings. The molecule has 3 heteroatoms. The van der Waals surface area contributed by atoms with E-state index in [0.717, 1.165) is 0 Å². The fraction of sp³-hybridized carbons (Fsp3) is 0.667. The molecule has 0 unspecified atom stereocenters. The molecule has 0 atom stereocenters. The Kier molecular flexibility index (Phi) is 5.81. The molecule has 0 saturated carbocycles. The second-order valence-corrected chi connectivity index (χ2v) is 18.0. The van der Waals surface area contributed by atoms with E-state index in [4.69, 9.17) is 0 Å². The zero-order valence-electron chi connectivity index (χ0n) is 14.9. The third-order valence-electron chi connectivity index (χ3n) is 3.77. The molecule has 0 fully saturated rings. The van der Waals surface area contributed by atoms with Crippen molar-refractivity contribution in [2.45, 2.75) is 78.6 Å². The summed E-state index contributed by atoms with van der Waals surface area (Å²) in [5, 5.41) is 1.51. The van der Waals surface area contributed by atoms with Crippen LogP contribution < -0.4 is 5.30 Å². The van der Waals surface area contributed by atoms with E-state index < -0.39 is 0 Å². The van der Waals surface area contributed by atoms with E-state index in [2.05, 4.69) is 105 Å². The molecule has 0 radical (unpaired) electrons. The summed E-state index contributed by atoms with van der Waals surface area (Å²) >= 11 is 6.70. The van der Waals surface area contributed by atoms with Gasteiger partial charge in [0, 0.05) is 0 Å². The van der Waals surface area contributed by atoms with E-state index >= 15 is 0 Å². The number of hydrogen-bond donors (Lipinski definition) is 0. The van der Waals surface area contributed by atoms with Gasteiger partial charge >= 0.3 is 147 Å². The number of hydrogen-bond acceptors (Lipinski definition) is 0. The van der Waals surface area contributed by atoms with Crippen molar-refractivity contribution in [1.29, 1.82) is 0 Å². The predicted octanol–water partition coefficient (Wildman–Crippen LogP) is 4.85. The van der Waals surface area contributed by atoms with Gasteiger partial charge in [0.05, 0.1) is 0 Å².